The summed E-state index contributed by atoms with van der Waals surface area (Å²) >= 11 is 0. The third-order valence-electron chi connectivity index (χ3n) is 4.49. The number of rotatable bonds is 9. The van der Waals surface area contributed by atoms with E-state index in [0.717, 1.165) is 37.9 Å². The Hall–Kier alpha value is -1.59. The lowest BCUT2D eigenvalue weighted by atomic mass is 9.89. The molecule has 1 fully saturated rings. The minimum atomic E-state index is -0.122. The summed E-state index contributed by atoms with van der Waals surface area (Å²) in [4.78, 5) is 11.7. The van der Waals surface area contributed by atoms with Crippen molar-refractivity contribution < 1.29 is 9.90 Å². The van der Waals surface area contributed by atoms with Gasteiger partial charge in [0, 0.05) is 24.4 Å². The third kappa shape index (κ3) is 6.49. The zero-order valence-electron chi connectivity index (χ0n) is 15.1. The number of nitrogens with one attached hydrogen (secondary N) is 3. The highest BCUT2D eigenvalue weighted by Crippen LogP contribution is 2.22. The SMILES string of the molecule is CC(NCCCC(C)(C)CO)c1ccc(NC(=O)NC2CC2)cc1. The number of anilines is 1. The number of benzene rings is 1. The molecule has 134 valence electrons. The maximum Gasteiger partial charge on any atom is 0.319 e. The van der Waals surface area contributed by atoms with E-state index in [-0.39, 0.29) is 24.1 Å². The zero-order valence-corrected chi connectivity index (χ0v) is 15.1. The molecule has 0 heterocycles. The van der Waals surface area contributed by atoms with Gasteiger partial charge in [0.2, 0.25) is 0 Å². The van der Waals surface area contributed by atoms with Crippen LogP contribution in [0.25, 0.3) is 0 Å². The third-order valence-corrected chi connectivity index (χ3v) is 4.49. The van der Waals surface area contributed by atoms with Gasteiger partial charge in [-0.15, -0.1) is 0 Å². The van der Waals surface area contributed by atoms with E-state index in [1.807, 2.05) is 24.3 Å². The summed E-state index contributed by atoms with van der Waals surface area (Å²) in [5, 5.41) is 18.5. The van der Waals surface area contributed by atoms with E-state index >= 15 is 0 Å². The second-order valence-corrected chi connectivity index (χ2v) is 7.60. The van der Waals surface area contributed by atoms with E-state index in [1.165, 1.54) is 5.56 Å². The lowest BCUT2D eigenvalue weighted by Gasteiger charge is -2.22. The maximum absolute atomic E-state index is 11.7. The van der Waals surface area contributed by atoms with Crippen LogP contribution in [0.2, 0.25) is 0 Å². The van der Waals surface area contributed by atoms with Gasteiger partial charge >= 0.3 is 6.03 Å². The Kier molecular flexibility index (Phi) is 6.63. The molecule has 5 heteroatoms. The quantitative estimate of drug-likeness (QED) is 0.523. The summed E-state index contributed by atoms with van der Waals surface area (Å²) in [7, 11) is 0. The molecule has 1 atom stereocenters. The van der Waals surface area contributed by atoms with E-state index in [9.17, 15) is 9.90 Å². The van der Waals surface area contributed by atoms with Gasteiger partial charge in [-0.3, -0.25) is 0 Å². The second kappa shape index (κ2) is 8.49. The van der Waals surface area contributed by atoms with Crippen LogP contribution in [-0.4, -0.2) is 30.3 Å². The Morgan fingerprint density at radius 2 is 1.96 bits per heavy atom. The predicted molar refractivity (Wildman–Crippen MR) is 98.1 cm³/mol. The predicted octanol–water partition coefficient (Wildman–Crippen LogP) is 3.42. The van der Waals surface area contributed by atoms with E-state index in [2.05, 4.69) is 36.7 Å². The van der Waals surface area contributed by atoms with Crippen molar-refractivity contribution >= 4 is 11.7 Å². The molecule has 1 aliphatic rings. The van der Waals surface area contributed by atoms with Crippen LogP contribution in [0.3, 0.4) is 0 Å². The molecule has 2 rings (SSSR count). The Balaban J connectivity index is 1.72. The van der Waals surface area contributed by atoms with Gasteiger partial charge in [0.1, 0.15) is 0 Å². The van der Waals surface area contributed by atoms with E-state index in [4.69, 9.17) is 0 Å². The van der Waals surface area contributed by atoms with E-state index in [0.29, 0.717) is 6.04 Å². The van der Waals surface area contributed by atoms with Crippen LogP contribution in [-0.2, 0) is 0 Å². The lowest BCUT2D eigenvalue weighted by molar-refractivity contribution is 0.147. The van der Waals surface area contributed by atoms with E-state index < -0.39 is 0 Å². The largest absolute Gasteiger partial charge is 0.396 e. The highest BCUT2D eigenvalue weighted by Gasteiger charge is 2.23. The van der Waals surface area contributed by atoms with Crippen LogP contribution in [0.1, 0.15) is 58.1 Å². The first kappa shape index (κ1) is 18.7. The van der Waals surface area contributed by atoms with Crippen LogP contribution in [0.5, 0.6) is 0 Å². The average molecular weight is 333 g/mol. The van der Waals surface area contributed by atoms with Crippen LogP contribution >= 0.6 is 0 Å². The molecule has 0 saturated heterocycles. The first-order chi connectivity index (χ1) is 11.4. The first-order valence-electron chi connectivity index (χ1n) is 8.91. The molecule has 2 amide bonds. The molecule has 24 heavy (non-hydrogen) atoms. The van der Waals surface area contributed by atoms with Crippen molar-refractivity contribution in [3.8, 4) is 0 Å². The zero-order chi connectivity index (χ0) is 17.6. The van der Waals surface area contributed by atoms with Crippen molar-refractivity contribution in [2.24, 2.45) is 5.41 Å². The van der Waals surface area contributed by atoms with Crippen molar-refractivity contribution in [1.82, 2.24) is 10.6 Å². The molecule has 0 spiro atoms. The van der Waals surface area contributed by atoms with Crippen molar-refractivity contribution in [1.29, 1.82) is 0 Å². The van der Waals surface area contributed by atoms with Gasteiger partial charge in [0.05, 0.1) is 0 Å². The fourth-order valence-corrected chi connectivity index (χ4v) is 2.52. The monoisotopic (exact) mass is 333 g/mol. The Morgan fingerprint density at radius 3 is 2.54 bits per heavy atom. The molecule has 1 aliphatic carbocycles. The van der Waals surface area contributed by atoms with Gasteiger partial charge in [-0.25, -0.2) is 4.79 Å². The number of aliphatic hydroxyl groups excluding tert-OH is 1. The Labute approximate surface area is 145 Å². The standard InChI is InChI=1S/C19H31N3O2/c1-14(20-12-4-11-19(2,3)13-23)15-5-7-16(8-6-15)21-18(24)22-17-9-10-17/h5-8,14,17,20,23H,4,9-13H2,1-3H3,(H2,21,22,24). The van der Waals surface area contributed by atoms with Crippen LogP contribution in [0.4, 0.5) is 10.5 Å². The summed E-state index contributed by atoms with van der Waals surface area (Å²) in [5.41, 5.74) is 2.01. The molecule has 1 aromatic rings. The Bertz CT molecular complexity index is 524. The highest BCUT2D eigenvalue weighted by atomic mass is 16.3. The topological polar surface area (TPSA) is 73.4 Å². The summed E-state index contributed by atoms with van der Waals surface area (Å²) in [5.74, 6) is 0. The number of carbonyl (C=O) groups is 1. The normalized spacial score (nSPS) is 15.8. The lowest BCUT2D eigenvalue weighted by Crippen LogP contribution is -2.30. The molecule has 0 radical (unpaired) electrons. The number of amides is 2. The number of aliphatic hydroxyl groups is 1. The van der Waals surface area contributed by atoms with E-state index in [1.54, 1.807) is 0 Å². The Morgan fingerprint density at radius 1 is 1.29 bits per heavy atom. The van der Waals surface area contributed by atoms with Gasteiger partial charge in [0.25, 0.3) is 0 Å². The molecule has 0 aliphatic heterocycles. The van der Waals surface area contributed by atoms with Gasteiger partial charge in [0.15, 0.2) is 0 Å². The molecule has 0 bridgehead atoms. The average Bonchev–Trinajstić information content (AvgIpc) is 3.36. The maximum atomic E-state index is 11.7. The van der Waals surface area contributed by atoms with Gasteiger partial charge in [-0.05, 0) is 62.3 Å². The molecule has 5 nitrogen and oxygen atoms in total. The van der Waals surface area contributed by atoms with Gasteiger partial charge in [-0.2, -0.15) is 0 Å². The molecular formula is C19H31N3O2. The van der Waals surface area contributed by atoms with Crippen molar-refractivity contribution in [2.45, 2.75) is 58.5 Å². The fraction of sp³-hybridized carbons (Fsp3) is 0.632. The molecular weight excluding hydrogens is 302 g/mol. The van der Waals surface area contributed by atoms with Gasteiger partial charge < -0.3 is 21.1 Å². The molecule has 1 saturated carbocycles. The minimum absolute atomic E-state index is 0.000719. The number of hydrogen-bond acceptors (Lipinski definition) is 3. The highest BCUT2D eigenvalue weighted by molar-refractivity contribution is 5.89. The molecule has 4 N–H and O–H groups in total. The van der Waals surface area contributed by atoms with Crippen LogP contribution in [0.15, 0.2) is 24.3 Å². The van der Waals surface area contributed by atoms with Crippen molar-refractivity contribution in [3.05, 3.63) is 29.8 Å². The number of urea groups is 1. The second-order valence-electron chi connectivity index (χ2n) is 7.60. The molecule has 1 unspecified atom stereocenters. The smallest absolute Gasteiger partial charge is 0.319 e. The van der Waals surface area contributed by atoms with Crippen molar-refractivity contribution in [2.75, 3.05) is 18.5 Å². The molecule has 0 aromatic heterocycles. The fourth-order valence-electron chi connectivity index (χ4n) is 2.52. The van der Waals surface area contributed by atoms with Crippen LogP contribution in [0, 0.1) is 5.41 Å². The number of hydrogen-bond donors (Lipinski definition) is 4. The summed E-state index contributed by atoms with van der Waals surface area (Å²) in [6.45, 7) is 7.46. The van der Waals surface area contributed by atoms with Gasteiger partial charge in [-0.1, -0.05) is 26.0 Å². The molecule has 1 aromatic carbocycles. The van der Waals surface area contributed by atoms with Crippen molar-refractivity contribution in [3.63, 3.8) is 0 Å². The minimum Gasteiger partial charge on any atom is -0.396 e. The summed E-state index contributed by atoms with van der Waals surface area (Å²) < 4.78 is 0. The summed E-state index contributed by atoms with van der Waals surface area (Å²) in [6, 6.07) is 8.47. The summed E-state index contributed by atoms with van der Waals surface area (Å²) in [6.07, 6.45) is 4.22. The number of carbonyl (C=O) groups excluding carboxylic acids is 1. The first-order valence-corrected chi connectivity index (χ1v) is 8.91. The van der Waals surface area contributed by atoms with Crippen LogP contribution < -0.4 is 16.0 Å².